The molecule has 0 saturated carbocycles. The number of rotatable bonds is 3. The van der Waals surface area contributed by atoms with Crippen molar-refractivity contribution in [3.63, 3.8) is 0 Å². The van der Waals surface area contributed by atoms with Crippen LogP contribution in [0.3, 0.4) is 0 Å². The van der Waals surface area contributed by atoms with Crippen molar-refractivity contribution in [1.82, 2.24) is 0 Å². The lowest BCUT2D eigenvalue weighted by atomic mass is 9.78. The van der Waals surface area contributed by atoms with Gasteiger partial charge in [0.05, 0.1) is 6.61 Å². The summed E-state index contributed by atoms with van der Waals surface area (Å²) < 4.78 is 5.72. The van der Waals surface area contributed by atoms with E-state index >= 15 is 0 Å². The summed E-state index contributed by atoms with van der Waals surface area (Å²) in [5.74, 6) is 1.04. The highest BCUT2D eigenvalue weighted by Gasteiger charge is 2.33. The molecule has 0 aliphatic carbocycles. The second-order valence-corrected chi connectivity index (χ2v) is 6.31. The van der Waals surface area contributed by atoms with Gasteiger partial charge in [-0.15, -0.1) is 0 Å². The Hall–Kier alpha value is -1.02. The molecule has 0 aromatic heterocycles. The summed E-state index contributed by atoms with van der Waals surface area (Å²) in [6.45, 7) is 10.5. The molecule has 2 nitrogen and oxygen atoms in total. The highest BCUT2D eigenvalue weighted by atomic mass is 16.5. The van der Waals surface area contributed by atoms with Crippen LogP contribution in [0.4, 0.5) is 0 Å². The number of ether oxygens (including phenoxy) is 1. The van der Waals surface area contributed by atoms with E-state index in [-0.39, 0.29) is 10.8 Å². The van der Waals surface area contributed by atoms with Crippen LogP contribution in [0.2, 0.25) is 0 Å². The van der Waals surface area contributed by atoms with Crippen LogP contribution in [0.5, 0.6) is 5.75 Å². The summed E-state index contributed by atoms with van der Waals surface area (Å²) >= 11 is 0. The molecule has 2 N–H and O–H groups in total. The number of fused-ring (bicyclic) bond motifs is 1. The maximum Gasteiger partial charge on any atom is 0.123 e. The number of nitrogens with two attached hydrogens (primary N) is 1. The van der Waals surface area contributed by atoms with E-state index in [1.807, 2.05) is 0 Å². The molecule has 1 aliphatic rings. The molecule has 0 saturated heterocycles. The molecule has 1 aromatic carbocycles. The predicted octanol–water partition coefficient (Wildman–Crippen LogP) is 2.98. The van der Waals surface area contributed by atoms with Gasteiger partial charge in [0.2, 0.25) is 0 Å². The molecule has 2 rings (SSSR count). The molecule has 0 unspecified atom stereocenters. The lowest BCUT2D eigenvalue weighted by Crippen LogP contribution is -2.23. The van der Waals surface area contributed by atoms with E-state index in [4.69, 9.17) is 10.5 Å². The standard InChI is InChI=1S/C15H23NO/c1-14(2,7-8-16)11-5-6-13-12(9-11)15(3,4)10-17-13/h5-6,9H,7-8,10,16H2,1-4H3. The van der Waals surface area contributed by atoms with Crippen LogP contribution in [0.25, 0.3) is 0 Å². The average Bonchev–Trinajstić information content (AvgIpc) is 2.55. The van der Waals surface area contributed by atoms with Crippen LogP contribution in [0.15, 0.2) is 18.2 Å². The molecule has 1 heterocycles. The van der Waals surface area contributed by atoms with Gasteiger partial charge in [-0.2, -0.15) is 0 Å². The highest BCUT2D eigenvalue weighted by Crippen LogP contribution is 2.41. The summed E-state index contributed by atoms with van der Waals surface area (Å²) in [4.78, 5) is 0. The predicted molar refractivity (Wildman–Crippen MR) is 71.7 cm³/mol. The Bertz CT molecular complexity index is 421. The SMILES string of the molecule is CC(C)(CCN)c1ccc2c(c1)C(C)(C)CO2. The average molecular weight is 233 g/mol. The van der Waals surface area contributed by atoms with E-state index in [1.54, 1.807) is 0 Å². The first-order chi connectivity index (χ1) is 7.87. The Morgan fingerprint density at radius 2 is 2.06 bits per heavy atom. The van der Waals surface area contributed by atoms with Crippen molar-refractivity contribution in [1.29, 1.82) is 0 Å². The van der Waals surface area contributed by atoms with Gasteiger partial charge < -0.3 is 10.5 Å². The Morgan fingerprint density at radius 3 is 2.71 bits per heavy atom. The smallest absolute Gasteiger partial charge is 0.123 e. The third-order valence-electron chi connectivity index (χ3n) is 3.85. The third-order valence-corrected chi connectivity index (χ3v) is 3.85. The summed E-state index contributed by atoms with van der Waals surface area (Å²) in [7, 11) is 0. The van der Waals surface area contributed by atoms with Crippen LogP contribution in [0, 0.1) is 0 Å². The van der Waals surface area contributed by atoms with Gasteiger partial charge in [-0.25, -0.2) is 0 Å². The fraction of sp³-hybridized carbons (Fsp3) is 0.600. The molecule has 0 bridgehead atoms. The fourth-order valence-electron chi connectivity index (χ4n) is 2.45. The molecule has 2 heteroatoms. The largest absolute Gasteiger partial charge is 0.492 e. The molecular weight excluding hydrogens is 210 g/mol. The normalized spacial score (nSPS) is 17.7. The summed E-state index contributed by atoms with van der Waals surface area (Å²) in [6, 6.07) is 6.59. The van der Waals surface area contributed by atoms with Crippen LogP contribution >= 0.6 is 0 Å². The van der Waals surface area contributed by atoms with Crippen molar-refractivity contribution in [3.8, 4) is 5.75 Å². The zero-order valence-corrected chi connectivity index (χ0v) is 11.3. The maximum atomic E-state index is 5.72. The van der Waals surface area contributed by atoms with Crippen LogP contribution < -0.4 is 10.5 Å². The lowest BCUT2D eigenvalue weighted by molar-refractivity contribution is 0.291. The van der Waals surface area contributed by atoms with E-state index in [0.717, 1.165) is 25.3 Å². The van der Waals surface area contributed by atoms with Gasteiger partial charge in [0.15, 0.2) is 0 Å². The van der Waals surface area contributed by atoms with Gasteiger partial charge in [-0.3, -0.25) is 0 Å². The van der Waals surface area contributed by atoms with Crippen LogP contribution in [0.1, 0.15) is 45.2 Å². The molecule has 94 valence electrons. The maximum absolute atomic E-state index is 5.72. The molecular formula is C15H23NO. The van der Waals surface area contributed by atoms with E-state index in [9.17, 15) is 0 Å². The Labute approximate surface area is 104 Å². The highest BCUT2D eigenvalue weighted by molar-refractivity contribution is 5.46. The van der Waals surface area contributed by atoms with Gasteiger partial charge in [0, 0.05) is 11.0 Å². The van der Waals surface area contributed by atoms with Crippen molar-refractivity contribution in [2.24, 2.45) is 5.73 Å². The van der Waals surface area contributed by atoms with E-state index < -0.39 is 0 Å². The van der Waals surface area contributed by atoms with Gasteiger partial charge in [-0.05, 0) is 30.0 Å². The van der Waals surface area contributed by atoms with Crippen molar-refractivity contribution in [2.75, 3.05) is 13.2 Å². The van der Waals surface area contributed by atoms with Crippen molar-refractivity contribution < 1.29 is 4.74 Å². The van der Waals surface area contributed by atoms with E-state index in [0.29, 0.717) is 0 Å². The minimum Gasteiger partial charge on any atom is -0.492 e. The first-order valence-electron chi connectivity index (χ1n) is 6.35. The van der Waals surface area contributed by atoms with E-state index in [1.165, 1.54) is 11.1 Å². The molecule has 0 amide bonds. The molecule has 0 radical (unpaired) electrons. The van der Waals surface area contributed by atoms with Crippen LogP contribution in [-0.4, -0.2) is 13.2 Å². The second kappa shape index (κ2) is 4.02. The first-order valence-corrected chi connectivity index (χ1v) is 6.35. The molecule has 0 spiro atoms. The summed E-state index contributed by atoms with van der Waals surface area (Å²) in [5, 5.41) is 0. The molecule has 0 fully saturated rings. The minimum atomic E-state index is 0.129. The van der Waals surface area contributed by atoms with Gasteiger partial charge >= 0.3 is 0 Å². The second-order valence-electron chi connectivity index (χ2n) is 6.31. The first kappa shape index (κ1) is 12.4. The minimum absolute atomic E-state index is 0.129. The number of hydrogen-bond acceptors (Lipinski definition) is 2. The third kappa shape index (κ3) is 2.19. The number of benzene rings is 1. The molecule has 1 aromatic rings. The molecule has 1 aliphatic heterocycles. The Kier molecular flexibility index (Phi) is 2.94. The van der Waals surface area contributed by atoms with Gasteiger partial charge in [0.1, 0.15) is 5.75 Å². The quantitative estimate of drug-likeness (QED) is 0.871. The Balaban J connectivity index is 2.40. The Morgan fingerprint density at radius 1 is 1.35 bits per heavy atom. The van der Waals surface area contributed by atoms with E-state index in [2.05, 4.69) is 45.9 Å². The molecule has 17 heavy (non-hydrogen) atoms. The fourth-order valence-corrected chi connectivity index (χ4v) is 2.45. The number of hydrogen-bond donors (Lipinski definition) is 1. The monoisotopic (exact) mass is 233 g/mol. The van der Waals surface area contributed by atoms with Crippen molar-refractivity contribution in [3.05, 3.63) is 29.3 Å². The zero-order chi connectivity index (χ0) is 12.7. The molecule has 0 atom stereocenters. The van der Waals surface area contributed by atoms with Gasteiger partial charge in [-0.1, -0.05) is 39.8 Å². The van der Waals surface area contributed by atoms with Crippen molar-refractivity contribution >= 4 is 0 Å². The van der Waals surface area contributed by atoms with Crippen LogP contribution in [-0.2, 0) is 10.8 Å². The zero-order valence-electron chi connectivity index (χ0n) is 11.3. The summed E-state index contributed by atoms with van der Waals surface area (Å²) in [6.07, 6.45) is 1.01. The lowest BCUT2D eigenvalue weighted by Gasteiger charge is -2.26. The summed E-state index contributed by atoms with van der Waals surface area (Å²) in [5.41, 5.74) is 8.66. The topological polar surface area (TPSA) is 35.2 Å². The van der Waals surface area contributed by atoms with Gasteiger partial charge in [0.25, 0.3) is 0 Å². The van der Waals surface area contributed by atoms with Crippen molar-refractivity contribution in [2.45, 2.75) is 44.9 Å².